The van der Waals surface area contributed by atoms with Crippen LogP contribution in [0.15, 0.2) is 24.3 Å². The number of hydrogen-bond acceptors (Lipinski definition) is 10. The van der Waals surface area contributed by atoms with Crippen LogP contribution in [0.1, 0.15) is 38.2 Å². The molecule has 162 valence electrons. The number of unbranched alkanes of at least 4 members (excludes halogenated alkanes) is 1. The Balaban J connectivity index is 2.53. The molecule has 1 atom stereocenters. The van der Waals surface area contributed by atoms with Crippen LogP contribution >= 0.6 is 0 Å². The van der Waals surface area contributed by atoms with Gasteiger partial charge >= 0.3 is 11.9 Å². The molecule has 29 heavy (non-hydrogen) atoms. The van der Waals surface area contributed by atoms with Crippen LogP contribution in [0.5, 0.6) is 11.5 Å². The van der Waals surface area contributed by atoms with E-state index in [-0.39, 0.29) is 24.4 Å². The van der Waals surface area contributed by atoms with E-state index in [0.717, 1.165) is 6.42 Å². The van der Waals surface area contributed by atoms with Crippen molar-refractivity contribution in [3.8, 4) is 11.5 Å². The van der Waals surface area contributed by atoms with E-state index >= 15 is 0 Å². The maximum Gasteiger partial charge on any atom is 0.330 e. The van der Waals surface area contributed by atoms with Gasteiger partial charge in [0, 0.05) is 6.08 Å². The van der Waals surface area contributed by atoms with E-state index in [1.54, 1.807) is 18.2 Å². The minimum absolute atomic E-state index is 0.0838. The second-order valence-electron chi connectivity index (χ2n) is 6.02. The second kappa shape index (κ2) is 13.6. The van der Waals surface area contributed by atoms with Crippen LogP contribution in [0.2, 0.25) is 0 Å². The third-order valence-corrected chi connectivity index (χ3v) is 3.70. The summed E-state index contributed by atoms with van der Waals surface area (Å²) in [6, 6.07) is 4.14. The molecule has 0 aromatic heterocycles. The molecule has 0 aliphatic carbocycles. The molecule has 0 saturated carbocycles. The van der Waals surface area contributed by atoms with Gasteiger partial charge in [-0.25, -0.2) is 9.59 Å². The van der Waals surface area contributed by atoms with Gasteiger partial charge in [0.25, 0.3) is 0 Å². The molecule has 10 nitrogen and oxygen atoms in total. The standard InChI is InChI=1S/C19H28N2O8/c1-3-6-15(20)19(23)29-16-9-7-14(13-17(16)26-2)8-10-18(22)27-11-4-5-12-28-21(24)25/h7-10,13,15,24-25H,3-6,11-12,20H2,1-2H3/b10-8+. The summed E-state index contributed by atoms with van der Waals surface area (Å²) in [6.45, 7) is 2.18. The van der Waals surface area contributed by atoms with Gasteiger partial charge in [0.05, 0.1) is 25.7 Å². The molecular formula is C19H28N2O8. The molecule has 0 amide bonds. The van der Waals surface area contributed by atoms with Crippen molar-refractivity contribution >= 4 is 18.0 Å². The number of nitrogens with two attached hydrogens (primary N) is 1. The molecule has 4 N–H and O–H groups in total. The number of methoxy groups -OCH3 is 1. The van der Waals surface area contributed by atoms with Gasteiger partial charge in [-0.2, -0.15) is 0 Å². The zero-order valence-corrected chi connectivity index (χ0v) is 16.6. The summed E-state index contributed by atoms with van der Waals surface area (Å²) >= 11 is 0. The fourth-order valence-electron chi connectivity index (χ4n) is 2.22. The van der Waals surface area contributed by atoms with Crippen molar-refractivity contribution in [2.75, 3.05) is 20.3 Å². The fraction of sp³-hybridized carbons (Fsp3) is 0.474. The summed E-state index contributed by atoms with van der Waals surface area (Å²) in [5, 5.41) is 16.3. The maximum absolute atomic E-state index is 12.0. The van der Waals surface area contributed by atoms with E-state index in [4.69, 9.17) is 30.4 Å². The third-order valence-electron chi connectivity index (χ3n) is 3.70. The van der Waals surface area contributed by atoms with Crippen LogP contribution in [-0.2, 0) is 19.2 Å². The highest BCUT2D eigenvalue weighted by atomic mass is 17.1. The number of hydrogen-bond donors (Lipinski definition) is 3. The zero-order valence-electron chi connectivity index (χ0n) is 16.6. The van der Waals surface area contributed by atoms with E-state index in [1.807, 2.05) is 6.92 Å². The van der Waals surface area contributed by atoms with Gasteiger partial charge in [0.15, 0.2) is 11.5 Å². The predicted molar refractivity (Wildman–Crippen MR) is 102 cm³/mol. The average Bonchev–Trinajstić information content (AvgIpc) is 2.69. The Kier molecular flexibility index (Phi) is 11.5. The summed E-state index contributed by atoms with van der Waals surface area (Å²) in [7, 11) is 1.44. The number of esters is 2. The molecule has 0 radical (unpaired) electrons. The Morgan fingerprint density at radius 2 is 1.93 bits per heavy atom. The highest BCUT2D eigenvalue weighted by Gasteiger charge is 2.17. The van der Waals surface area contributed by atoms with Crippen molar-refractivity contribution in [3.05, 3.63) is 29.8 Å². The molecule has 1 rings (SSSR count). The summed E-state index contributed by atoms with van der Waals surface area (Å²) in [4.78, 5) is 28.0. The highest BCUT2D eigenvalue weighted by Crippen LogP contribution is 2.29. The Morgan fingerprint density at radius 1 is 1.21 bits per heavy atom. The quantitative estimate of drug-likeness (QED) is 0.145. The van der Waals surface area contributed by atoms with Gasteiger partial charge in [-0.3, -0.25) is 15.3 Å². The summed E-state index contributed by atoms with van der Waals surface area (Å²) in [6.07, 6.45) is 5.08. The second-order valence-corrected chi connectivity index (χ2v) is 6.02. The molecule has 0 bridgehead atoms. The van der Waals surface area contributed by atoms with Gasteiger partial charge in [0.1, 0.15) is 6.04 Å². The fourth-order valence-corrected chi connectivity index (χ4v) is 2.22. The lowest BCUT2D eigenvalue weighted by atomic mass is 10.1. The number of carbonyl (C=O) groups is 2. The van der Waals surface area contributed by atoms with Crippen LogP contribution in [0, 0.1) is 0 Å². The van der Waals surface area contributed by atoms with Crippen molar-refractivity contribution < 1.29 is 39.1 Å². The van der Waals surface area contributed by atoms with E-state index in [9.17, 15) is 9.59 Å². The van der Waals surface area contributed by atoms with Crippen molar-refractivity contribution in [1.82, 2.24) is 5.39 Å². The van der Waals surface area contributed by atoms with Crippen molar-refractivity contribution in [2.24, 2.45) is 5.73 Å². The molecule has 0 heterocycles. The lowest BCUT2D eigenvalue weighted by molar-refractivity contribution is -0.492. The van der Waals surface area contributed by atoms with Crippen molar-refractivity contribution in [1.29, 1.82) is 0 Å². The highest BCUT2D eigenvalue weighted by molar-refractivity contribution is 5.87. The number of benzene rings is 1. The zero-order chi connectivity index (χ0) is 21.6. The van der Waals surface area contributed by atoms with Crippen molar-refractivity contribution in [3.63, 3.8) is 0 Å². The van der Waals surface area contributed by atoms with Crippen LogP contribution < -0.4 is 15.2 Å². The number of carbonyl (C=O) groups excluding carboxylic acids is 2. The third kappa shape index (κ3) is 10.0. The minimum Gasteiger partial charge on any atom is -0.493 e. The smallest absolute Gasteiger partial charge is 0.330 e. The summed E-state index contributed by atoms with van der Waals surface area (Å²) < 4.78 is 15.5. The van der Waals surface area contributed by atoms with Gasteiger partial charge in [-0.1, -0.05) is 19.4 Å². The molecule has 0 fully saturated rings. The van der Waals surface area contributed by atoms with E-state index < -0.39 is 18.0 Å². The Bertz CT molecular complexity index is 678. The number of nitrogens with zero attached hydrogens (tertiary/aromatic N) is 1. The molecule has 1 aromatic carbocycles. The maximum atomic E-state index is 12.0. The Hall–Kier alpha value is -2.50. The molecule has 1 unspecified atom stereocenters. The first-order valence-corrected chi connectivity index (χ1v) is 9.18. The van der Waals surface area contributed by atoms with Crippen LogP contribution in [-0.4, -0.2) is 54.1 Å². The molecule has 0 aliphatic rings. The molecule has 0 saturated heterocycles. The largest absolute Gasteiger partial charge is 0.493 e. The SMILES string of the molecule is CCCC(N)C(=O)Oc1ccc(/C=C/C(=O)OCCCCON(O)O)cc1OC. The monoisotopic (exact) mass is 412 g/mol. The van der Waals surface area contributed by atoms with Crippen LogP contribution in [0.25, 0.3) is 6.08 Å². The molecule has 0 aliphatic heterocycles. The van der Waals surface area contributed by atoms with E-state index in [0.29, 0.717) is 30.6 Å². The molecule has 0 spiro atoms. The van der Waals surface area contributed by atoms with Gasteiger partial charge in [-0.15, -0.1) is 0 Å². The van der Waals surface area contributed by atoms with Gasteiger partial charge in [-0.05, 0) is 43.0 Å². The topological polar surface area (TPSA) is 141 Å². The molecule has 1 aromatic rings. The van der Waals surface area contributed by atoms with E-state index in [2.05, 4.69) is 4.84 Å². The lowest BCUT2D eigenvalue weighted by Gasteiger charge is -2.13. The summed E-state index contributed by atoms with van der Waals surface area (Å²) in [5.74, 6) is -0.486. The first-order valence-electron chi connectivity index (χ1n) is 9.18. The number of ether oxygens (including phenoxy) is 3. The van der Waals surface area contributed by atoms with Gasteiger partial charge in [0.2, 0.25) is 0 Å². The predicted octanol–water partition coefficient (Wildman–Crippen LogP) is 2.08. The first-order chi connectivity index (χ1) is 13.9. The lowest BCUT2D eigenvalue weighted by Crippen LogP contribution is -2.34. The normalized spacial score (nSPS) is 12.2. The van der Waals surface area contributed by atoms with Crippen molar-refractivity contribution in [2.45, 2.75) is 38.6 Å². The Labute approximate surface area is 169 Å². The Morgan fingerprint density at radius 3 is 2.59 bits per heavy atom. The first kappa shape index (κ1) is 24.5. The molecular weight excluding hydrogens is 384 g/mol. The summed E-state index contributed by atoms with van der Waals surface area (Å²) in [5.41, 5.74) is 6.40. The minimum atomic E-state index is -0.697. The van der Waals surface area contributed by atoms with E-state index in [1.165, 1.54) is 19.3 Å². The average molecular weight is 412 g/mol. The van der Waals surface area contributed by atoms with Crippen LogP contribution in [0.4, 0.5) is 0 Å². The van der Waals surface area contributed by atoms with Gasteiger partial charge < -0.3 is 19.9 Å². The molecule has 10 heteroatoms. The van der Waals surface area contributed by atoms with Crippen LogP contribution in [0.3, 0.4) is 0 Å². The number of rotatable bonds is 13.